The van der Waals surface area contributed by atoms with Gasteiger partial charge in [-0.1, -0.05) is 19.8 Å². The fraction of sp³-hybridized carbons (Fsp3) is 0.867. The van der Waals surface area contributed by atoms with E-state index in [1.54, 1.807) is 4.90 Å². The lowest BCUT2D eigenvalue weighted by Crippen LogP contribution is -2.53. The Morgan fingerprint density at radius 1 is 1.19 bits per heavy atom. The SMILES string of the molecule is CCCC1CCCN(C(=O)N2CCOC(C(=O)O)C2)CC1. The van der Waals surface area contributed by atoms with Gasteiger partial charge in [0.1, 0.15) is 0 Å². The maximum absolute atomic E-state index is 12.5. The Bertz CT molecular complexity index is 375. The zero-order valence-electron chi connectivity index (χ0n) is 12.8. The summed E-state index contributed by atoms with van der Waals surface area (Å²) in [5.74, 6) is -0.268. The van der Waals surface area contributed by atoms with Gasteiger partial charge in [-0.15, -0.1) is 0 Å². The summed E-state index contributed by atoms with van der Waals surface area (Å²) in [7, 11) is 0. The fourth-order valence-corrected chi connectivity index (χ4v) is 3.23. The van der Waals surface area contributed by atoms with Crippen LogP contribution in [0.5, 0.6) is 0 Å². The highest BCUT2D eigenvalue weighted by Crippen LogP contribution is 2.22. The van der Waals surface area contributed by atoms with E-state index in [0.717, 1.165) is 31.8 Å². The Kier molecular flexibility index (Phi) is 5.85. The lowest BCUT2D eigenvalue weighted by atomic mass is 9.96. The summed E-state index contributed by atoms with van der Waals surface area (Å²) in [5, 5.41) is 9.01. The summed E-state index contributed by atoms with van der Waals surface area (Å²) in [6.07, 6.45) is 4.85. The van der Waals surface area contributed by atoms with Gasteiger partial charge < -0.3 is 19.6 Å². The Morgan fingerprint density at radius 2 is 2.00 bits per heavy atom. The minimum atomic E-state index is -0.994. The van der Waals surface area contributed by atoms with Crippen molar-refractivity contribution in [1.82, 2.24) is 9.80 Å². The van der Waals surface area contributed by atoms with Crippen LogP contribution in [-0.4, -0.2) is 65.8 Å². The van der Waals surface area contributed by atoms with Crippen LogP contribution in [0.1, 0.15) is 39.0 Å². The highest BCUT2D eigenvalue weighted by molar-refractivity contribution is 5.77. The van der Waals surface area contributed by atoms with Crippen LogP contribution < -0.4 is 0 Å². The number of urea groups is 1. The topological polar surface area (TPSA) is 70.1 Å². The van der Waals surface area contributed by atoms with Crippen LogP contribution in [0, 0.1) is 5.92 Å². The standard InChI is InChI=1S/C15H26N2O4/c1-2-4-12-5-3-7-16(8-6-12)15(20)17-9-10-21-13(11-17)14(18)19/h12-13H,2-11H2,1H3,(H,18,19). The number of hydrogen-bond donors (Lipinski definition) is 1. The number of ether oxygens (including phenoxy) is 1. The molecule has 1 N–H and O–H groups in total. The van der Waals surface area contributed by atoms with E-state index >= 15 is 0 Å². The summed E-state index contributed by atoms with van der Waals surface area (Å²) < 4.78 is 5.17. The first-order valence-electron chi connectivity index (χ1n) is 8.00. The highest BCUT2D eigenvalue weighted by Gasteiger charge is 2.31. The van der Waals surface area contributed by atoms with E-state index in [9.17, 15) is 9.59 Å². The van der Waals surface area contributed by atoms with Crippen molar-refractivity contribution in [3.63, 3.8) is 0 Å². The van der Waals surface area contributed by atoms with E-state index in [4.69, 9.17) is 9.84 Å². The molecule has 2 atom stereocenters. The van der Waals surface area contributed by atoms with Crippen molar-refractivity contribution in [2.45, 2.75) is 45.1 Å². The van der Waals surface area contributed by atoms with Crippen LogP contribution in [0.4, 0.5) is 4.79 Å². The van der Waals surface area contributed by atoms with Crippen LogP contribution in [0.3, 0.4) is 0 Å². The Hall–Kier alpha value is -1.30. The van der Waals surface area contributed by atoms with Crippen molar-refractivity contribution in [3.05, 3.63) is 0 Å². The predicted molar refractivity (Wildman–Crippen MR) is 78.2 cm³/mol. The summed E-state index contributed by atoms with van der Waals surface area (Å²) in [6, 6.07) is -0.0262. The number of aliphatic carboxylic acids is 1. The van der Waals surface area contributed by atoms with Crippen molar-refractivity contribution in [3.8, 4) is 0 Å². The van der Waals surface area contributed by atoms with Gasteiger partial charge in [0.05, 0.1) is 13.2 Å². The molecule has 120 valence electrons. The van der Waals surface area contributed by atoms with Gasteiger partial charge in [-0.3, -0.25) is 0 Å². The molecule has 0 aliphatic carbocycles. The molecule has 2 fully saturated rings. The Labute approximate surface area is 126 Å². The second-order valence-corrected chi connectivity index (χ2v) is 6.00. The van der Waals surface area contributed by atoms with Gasteiger partial charge in [-0.2, -0.15) is 0 Å². The molecular formula is C15H26N2O4. The average molecular weight is 298 g/mol. The molecule has 2 rings (SSSR count). The number of carboxylic acids is 1. The van der Waals surface area contributed by atoms with Gasteiger partial charge in [-0.25, -0.2) is 9.59 Å². The Morgan fingerprint density at radius 3 is 2.71 bits per heavy atom. The molecule has 6 nitrogen and oxygen atoms in total. The average Bonchev–Trinajstić information content (AvgIpc) is 2.73. The monoisotopic (exact) mass is 298 g/mol. The van der Waals surface area contributed by atoms with Crippen LogP contribution >= 0.6 is 0 Å². The predicted octanol–water partition coefficient (Wildman–Crippen LogP) is 1.79. The van der Waals surface area contributed by atoms with Gasteiger partial charge in [0.2, 0.25) is 0 Å². The summed E-state index contributed by atoms with van der Waals surface area (Å²) in [5.41, 5.74) is 0. The normalized spacial score (nSPS) is 27.3. The Balaban J connectivity index is 1.88. The largest absolute Gasteiger partial charge is 0.479 e. The first-order valence-corrected chi connectivity index (χ1v) is 8.00. The number of nitrogens with zero attached hydrogens (tertiary/aromatic N) is 2. The number of amides is 2. The van der Waals surface area contributed by atoms with Crippen molar-refractivity contribution in [2.75, 3.05) is 32.8 Å². The van der Waals surface area contributed by atoms with Gasteiger partial charge in [0, 0.05) is 19.6 Å². The molecule has 0 bridgehead atoms. The third-order valence-electron chi connectivity index (χ3n) is 4.43. The number of likely N-dealkylation sites (tertiary alicyclic amines) is 1. The molecule has 2 saturated heterocycles. The molecule has 2 aliphatic rings. The molecule has 21 heavy (non-hydrogen) atoms. The molecule has 0 saturated carbocycles. The molecule has 0 aromatic heterocycles. The third kappa shape index (κ3) is 4.33. The number of carbonyl (C=O) groups excluding carboxylic acids is 1. The highest BCUT2D eigenvalue weighted by atomic mass is 16.5. The number of carboxylic acid groups (broad SMARTS) is 1. The van der Waals surface area contributed by atoms with E-state index in [2.05, 4.69) is 6.92 Å². The second-order valence-electron chi connectivity index (χ2n) is 6.00. The molecule has 0 aromatic rings. The number of morpholine rings is 1. The van der Waals surface area contributed by atoms with E-state index in [0.29, 0.717) is 13.2 Å². The first kappa shape index (κ1) is 16.1. The van der Waals surface area contributed by atoms with Gasteiger partial charge in [0.25, 0.3) is 0 Å². The number of carbonyl (C=O) groups is 2. The smallest absolute Gasteiger partial charge is 0.334 e. The van der Waals surface area contributed by atoms with Gasteiger partial charge >= 0.3 is 12.0 Å². The molecule has 6 heteroatoms. The second kappa shape index (κ2) is 7.64. The maximum atomic E-state index is 12.5. The van der Waals surface area contributed by atoms with Crippen LogP contribution in [0.15, 0.2) is 0 Å². The van der Waals surface area contributed by atoms with E-state index in [-0.39, 0.29) is 12.6 Å². The minimum Gasteiger partial charge on any atom is -0.479 e. The molecule has 2 amide bonds. The maximum Gasteiger partial charge on any atom is 0.334 e. The minimum absolute atomic E-state index is 0.0262. The number of rotatable bonds is 3. The summed E-state index contributed by atoms with van der Waals surface area (Å²) in [6.45, 7) is 4.72. The molecular weight excluding hydrogens is 272 g/mol. The van der Waals surface area contributed by atoms with Crippen molar-refractivity contribution in [1.29, 1.82) is 0 Å². The molecule has 2 aliphatic heterocycles. The quantitative estimate of drug-likeness (QED) is 0.862. The van der Waals surface area contributed by atoms with Crippen molar-refractivity contribution in [2.24, 2.45) is 5.92 Å². The fourth-order valence-electron chi connectivity index (χ4n) is 3.23. The lowest BCUT2D eigenvalue weighted by molar-refractivity contribution is -0.154. The van der Waals surface area contributed by atoms with Crippen LogP contribution in [0.25, 0.3) is 0 Å². The van der Waals surface area contributed by atoms with E-state index < -0.39 is 12.1 Å². The van der Waals surface area contributed by atoms with Crippen molar-refractivity contribution >= 4 is 12.0 Å². The summed E-state index contributed by atoms with van der Waals surface area (Å²) in [4.78, 5) is 27.1. The molecule has 0 spiro atoms. The summed E-state index contributed by atoms with van der Waals surface area (Å²) >= 11 is 0. The molecule has 0 radical (unpaired) electrons. The number of hydrogen-bond acceptors (Lipinski definition) is 3. The first-order chi connectivity index (χ1) is 10.1. The van der Waals surface area contributed by atoms with Crippen molar-refractivity contribution < 1.29 is 19.4 Å². The van der Waals surface area contributed by atoms with Crippen LogP contribution in [-0.2, 0) is 9.53 Å². The zero-order chi connectivity index (χ0) is 15.2. The van der Waals surface area contributed by atoms with Gasteiger partial charge in [-0.05, 0) is 25.2 Å². The molecule has 2 heterocycles. The zero-order valence-corrected chi connectivity index (χ0v) is 12.8. The molecule has 2 unspecified atom stereocenters. The lowest BCUT2D eigenvalue weighted by Gasteiger charge is -2.34. The third-order valence-corrected chi connectivity index (χ3v) is 4.43. The van der Waals surface area contributed by atoms with Gasteiger partial charge in [0.15, 0.2) is 6.10 Å². The van der Waals surface area contributed by atoms with E-state index in [1.807, 2.05) is 4.90 Å². The molecule has 0 aromatic carbocycles. The van der Waals surface area contributed by atoms with E-state index in [1.165, 1.54) is 19.3 Å². The van der Waals surface area contributed by atoms with Crippen LogP contribution in [0.2, 0.25) is 0 Å².